The van der Waals surface area contributed by atoms with Crippen LogP contribution in [0.15, 0.2) is 12.1 Å². The van der Waals surface area contributed by atoms with Crippen molar-refractivity contribution in [3.63, 3.8) is 0 Å². The SMILES string of the molecule is COc1cc(C(=O)O)cc(Cl)c1OC1CCN(C)CC1. The molecule has 0 radical (unpaired) electrons. The number of halogens is 1. The van der Waals surface area contributed by atoms with Gasteiger partial charge in [-0.25, -0.2) is 4.79 Å². The van der Waals surface area contributed by atoms with Crippen LogP contribution in [-0.4, -0.2) is 49.3 Å². The Balaban J connectivity index is 2.20. The van der Waals surface area contributed by atoms with Crippen LogP contribution >= 0.6 is 11.6 Å². The summed E-state index contributed by atoms with van der Waals surface area (Å²) in [4.78, 5) is 13.2. The van der Waals surface area contributed by atoms with Crippen molar-refractivity contribution < 1.29 is 19.4 Å². The summed E-state index contributed by atoms with van der Waals surface area (Å²) in [6.45, 7) is 1.94. The van der Waals surface area contributed by atoms with E-state index in [1.54, 1.807) is 0 Å². The second kappa shape index (κ2) is 6.33. The van der Waals surface area contributed by atoms with Gasteiger partial charge in [0, 0.05) is 13.1 Å². The number of carbonyl (C=O) groups is 1. The predicted molar refractivity (Wildman–Crippen MR) is 76.1 cm³/mol. The lowest BCUT2D eigenvalue weighted by Crippen LogP contribution is -2.35. The Morgan fingerprint density at radius 1 is 1.40 bits per heavy atom. The van der Waals surface area contributed by atoms with Crippen molar-refractivity contribution in [1.29, 1.82) is 0 Å². The first-order chi connectivity index (χ1) is 9.51. The molecule has 5 nitrogen and oxygen atoms in total. The van der Waals surface area contributed by atoms with Crippen molar-refractivity contribution in [3.8, 4) is 11.5 Å². The molecule has 0 unspecified atom stereocenters. The highest BCUT2D eigenvalue weighted by molar-refractivity contribution is 6.32. The van der Waals surface area contributed by atoms with Gasteiger partial charge in [-0.3, -0.25) is 0 Å². The van der Waals surface area contributed by atoms with Crippen LogP contribution in [0, 0.1) is 0 Å². The third kappa shape index (κ3) is 3.35. The summed E-state index contributed by atoms with van der Waals surface area (Å²) in [6.07, 6.45) is 1.90. The molecular formula is C14H18ClNO4. The van der Waals surface area contributed by atoms with Crippen LogP contribution in [0.1, 0.15) is 23.2 Å². The lowest BCUT2D eigenvalue weighted by atomic mass is 10.1. The fraction of sp³-hybridized carbons (Fsp3) is 0.500. The molecule has 1 aliphatic rings. The molecule has 110 valence electrons. The van der Waals surface area contributed by atoms with Crippen LogP contribution in [-0.2, 0) is 0 Å². The molecular weight excluding hydrogens is 282 g/mol. The molecule has 1 saturated heterocycles. The van der Waals surface area contributed by atoms with Crippen LogP contribution in [0.2, 0.25) is 5.02 Å². The zero-order valence-corrected chi connectivity index (χ0v) is 12.3. The van der Waals surface area contributed by atoms with E-state index in [0.717, 1.165) is 25.9 Å². The third-order valence-electron chi connectivity index (χ3n) is 3.43. The van der Waals surface area contributed by atoms with E-state index < -0.39 is 5.97 Å². The molecule has 0 bridgehead atoms. The molecule has 2 rings (SSSR count). The summed E-state index contributed by atoms with van der Waals surface area (Å²) in [5.74, 6) is -0.265. The van der Waals surface area contributed by atoms with Gasteiger partial charge in [0.05, 0.1) is 17.7 Å². The molecule has 0 amide bonds. The number of ether oxygens (including phenoxy) is 2. The number of methoxy groups -OCH3 is 1. The van der Waals surface area contributed by atoms with E-state index in [1.165, 1.54) is 19.2 Å². The van der Waals surface area contributed by atoms with Crippen molar-refractivity contribution >= 4 is 17.6 Å². The molecule has 1 heterocycles. The maximum absolute atomic E-state index is 11.0. The Kier molecular flexibility index (Phi) is 4.73. The molecule has 0 spiro atoms. The average molecular weight is 300 g/mol. The van der Waals surface area contributed by atoms with Crippen LogP contribution in [0.25, 0.3) is 0 Å². The van der Waals surface area contributed by atoms with Crippen molar-refractivity contribution in [3.05, 3.63) is 22.7 Å². The summed E-state index contributed by atoms with van der Waals surface area (Å²) in [5.41, 5.74) is 0.0857. The molecule has 0 saturated carbocycles. The quantitative estimate of drug-likeness (QED) is 0.926. The van der Waals surface area contributed by atoms with Crippen LogP contribution < -0.4 is 9.47 Å². The molecule has 0 aromatic heterocycles. The number of piperidine rings is 1. The number of rotatable bonds is 4. The summed E-state index contributed by atoms with van der Waals surface area (Å²) in [7, 11) is 3.55. The van der Waals surface area contributed by atoms with Gasteiger partial charge in [0.15, 0.2) is 11.5 Å². The standard InChI is InChI=1S/C14H18ClNO4/c1-16-5-3-10(4-6-16)20-13-11(15)7-9(14(17)18)8-12(13)19-2/h7-8,10H,3-6H2,1-2H3,(H,17,18). The van der Waals surface area contributed by atoms with E-state index in [4.69, 9.17) is 26.2 Å². The molecule has 1 aromatic carbocycles. The molecule has 1 aliphatic heterocycles. The van der Waals surface area contributed by atoms with Gasteiger partial charge >= 0.3 is 5.97 Å². The van der Waals surface area contributed by atoms with Crippen LogP contribution in [0.5, 0.6) is 11.5 Å². The second-order valence-corrected chi connectivity index (χ2v) is 5.32. The first-order valence-electron chi connectivity index (χ1n) is 6.47. The maximum atomic E-state index is 11.0. The molecule has 0 atom stereocenters. The Bertz CT molecular complexity index is 498. The largest absolute Gasteiger partial charge is 0.493 e. The summed E-state index contributed by atoms with van der Waals surface area (Å²) < 4.78 is 11.1. The maximum Gasteiger partial charge on any atom is 0.335 e. The second-order valence-electron chi connectivity index (χ2n) is 4.92. The van der Waals surface area contributed by atoms with E-state index >= 15 is 0 Å². The van der Waals surface area contributed by atoms with E-state index in [0.29, 0.717) is 11.5 Å². The van der Waals surface area contributed by atoms with Gasteiger partial charge in [-0.05, 0) is 32.0 Å². The molecule has 1 N–H and O–H groups in total. The van der Waals surface area contributed by atoms with Gasteiger partial charge in [-0.1, -0.05) is 11.6 Å². The number of hydrogen-bond acceptors (Lipinski definition) is 4. The highest BCUT2D eigenvalue weighted by atomic mass is 35.5. The van der Waals surface area contributed by atoms with Crippen LogP contribution in [0.3, 0.4) is 0 Å². The summed E-state index contributed by atoms with van der Waals surface area (Å²) >= 11 is 6.13. The van der Waals surface area contributed by atoms with E-state index in [2.05, 4.69) is 11.9 Å². The Hall–Kier alpha value is -1.46. The van der Waals surface area contributed by atoms with Gasteiger partial charge in [0.2, 0.25) is 0 Å². The Morgan fingerprint density at radius 2 is 2.05 bits per heavy atom. The van der Waals surface area contributed by atoms with Crippen molar-refractivity contribution in [2.75, 3.05) is 27.2 Å². The minimum Gasteiger partial charge on any atom is -0.493 e. The average Bonchev–Trinajstić information content (AvgIpc) is 2.42. The number of nitrogens with zero attached hydrogens (tertiary/aromatic N) is 1. The highest BCUT2D eigenvalue weighted by Crippen LogP contribution is 2.38. The third-order valence-corrected chi connectivity index (χ3v) is 3.71. The molecule has 6 heteroatoms. The van der Waals surface area contributed by atoms with Gasteiger partial charge in [-0.2, -0.15) is 0 Å². The molecule has 20 heavy (non-hydrogen) atoms. The molecule has 1 aromatic rings. The lowest BCUT2D eigenvalue weighted by Gasteiger charge is -2.30. The number of carboxylic acid groups (broad SMARTS) is 1. The van der Waals surface area contributed by atoms with Gasteiger partial charge < -0.3 is 19.5 Å². The minimum absolute atomic E-state index is 0.0771. The van der Waals surface area contributed by atoms with Crippen molar-refractivity contribution in [1.82, 2.24) is 4.90 Å². The van der Waals surface area contributed by atoms with E-state index in [-0.39, 0.29) is 16.7 Å². The lowest BCUT2D eigenvalue weighted by molar-refractivity contribution is 0.0696. The number of carboxylic acids is 1. The van der Waals surface area contributed by atoms with Gasteiger partial charge in [0.25, 0.3) is 0 Å². The summed E-state index contributed by atoms with van der Waals surface area (Å²) in [6, 6.07) is 2.81. The topological polar surface area (TPSA) is 59.0 Å². The zero-order valence-electron chi connectivity index (χ0n) is 11.6. The number of likely N-dealkylation sites (tertiary alicyclic amines) is 1. The summed E-state index contributed by atoms with van der Waals surface area (Å²) in [5, 5.41) is 9.27. The molecule has 1 fully saturated rings. The Labute approximate surface area is 123 Å². The monoisotopic (exact) mass is 299 g/mol. The highest BCUT2D eigenvalue weighted by Gasteiger charge is 2.22. The van der Waals surface area contributed by atoms with Gasteiger partial charge in [-0.15, -0.1) is 0 Å². The fourth-order valence-corrected chi connectivity index (χ4v) is 2.48. The minimum atomic E-state index is -1.05. The molecule has 0 aliphatic carbocycles. The van der Waals surface area contributed by atoms with Crippen molar-refractivity contribution in [2.45, 2.75) is 18.9 Å². The normalized spacial score (nSPS) is 16.9. The number of benzene rings is 1. The van der Waals surface area contributed by atoms with Crippen LogP contribution in [0.4, 0.5) is 0 Å². The predicted octanol–water partition coefficient (Wildman–Crippen LogP) is 2.52. The fourth-order valence-electron chi connectivity index (χ4n) is 2.23. The first-order valence-corrected chi connectivity index (χ1v) is 6.85. The smallest absolute Gasteiger partial charge is 0.335 e. The van der Waals surface area contributed by atoms with E-state index in [1.807, 2.05) is 0 Å². The van der Waals surface area contributed by atoms with Crippen molar-refractivity contribution in [2.24, 2.45) is 0 Å². The Morgan fingerprint density at radius 3 is 2.60 bits per heavy atom. The zero-order chi connectivity index (χ0) is 14.7. The first kappa shape index (κ1) is 14.9. The van der Waals surface area contributed by atoms with E-state index in [9.17, 15) is 4.79 Å². The number of aromatic carboxylic acids is 1. The number of hydrogen-bond donors (Lipinski definition) is 1. The van der Waals surface area contributed by atoms with Gasteiger partial charge in [0.1, 0.15) is 6.10 Å².